The minimum absolute atomic E-state index is 0.00790. The minimum atomic E-state index is -3.94. The fraction of sp³-hybridized carbons (Fsp3) is 0.135. The molecule has 0 aliphatic rings. The molecule has 0 saturated heterocycles. The van der Waals surface area contributed by atoms with Crippen LogP contribution in [0.4, 0.5) is 17.1 Å². The number of hydrogen-bond acceptors (Lipinski definition) is 8. The number of sulfone groups is 1. The summed E-state index contributed by atoms with van der Waals surface area (Å²) in [6.07, 6.45) is 5.91. The quantitative estimate of drug-likeness (QED) is 0.0435. The zero-order chi connectivity index (χ0) is 35.7. The van der Waals surface area contributed by atoms with Crippen molar-refractivity contribution in [2.75, 3.05) is 10.6 Å². The number of thioether (sulfide) groups is 1. The van der Waals surface area contributed by atoms with E-state index in [1.807, 2.05) is 30.6 Å². The second kappa shape index (κ2) is 16.2. The number of rotatable bonds is 13. The molecule has 0 atom stereocenters. The zero-order valence-electron chi connectivity index (χ0n) is 26.9. The van der Waals surface area contributed by atoms with Crippen LogP contribution in [-0.4, -0.2) is 30.3 Å². The van der Waals surface area contributed by atoms with Gasteiger partial charge in [0.25, 0.3) is 17.5 Å². The Kier molecular flexibility index (Phi) is 11.5. The fourth-order valence-electron chi connectivity index (χ4n) is 4.98. The molecule has 1 aromatic heterocycles. The lowest BCUT2D eigenvalue weighted by molar-refractivity contribution is -0.697. The van der Waals surface area contributed by atoms with Crippen LogP contribution in [0, 0.1) is 17.0 Å². The van der Waals surface area contributed by atoms with E-state index in [0.29, 0.717) is 33.8 Å². The van der Waals surface area contributed by atoms with Crippen molar-refractivity contribution in [1.29, 1.82) is 0 Å². The highest BCUT2D eigenvalue weighted by Crippen LogP contribution is 2.28. The highest BCUT2D eigenvalue weighted by Gasteiger charge is 2.20. The van der Waals surface area contributed by atoms with Gasteiger partial charge in [-0.15, -0.1) is 0 Å². The molecular weight excluding hydrogens is 677 g/mol. The van der Waals surface area contributed by atoms with Gasteiger partial charge in [-0.05, 0) is 80.1 Å². The van der Waals surface area contributed by atoms with Crippen LogP contribution < -0.4 is 15.2 Å². The van der Waals surface area contributed by atoms with Crippen LogP contribution in [0.2, 0.25) is 0 Å². The van der Waals surface area contributed by atoms with Crippen LogP contribution in [0.5, 0.6) is 0 Å². The van der Waals surface area contributed by atoms with Crippen LogP contribution in [0.1, 0.15) is 45.5 Å². The Morgan fingerprint density at radius 2 is 1.36 bits per heavy atom. The van der Waals surface area contributed by atoms with Crippen molar-refractivity contribution >= 4 is 55.6 Å². The highest BCUT2D eigenvalue weighted by atomic mass is 32.2. The van der Waals surface area contributed by atoms with E-state index in [0.717, 1.165) is 31.1 Å². The highest BCUT2D eigenvalue weighted by molar-refractivity contribution is 8.13. The van der Waals surface area contributed by atoms with Gasteiger partial charge < -0.3 is 10.6 Å². The molecular formula is C37H33N4O7S2+. The van der Waals surface area contributed by atoms with Crippen LogP contribution in [0.3, 0.4) is 0 Å². The summed E-state index contributed by atoms with van der Waals surface area (Å²) in [4.78, 5) is 49.7. The predicted octanol–water partition coefficient (Wildman–Crippen LogP) is 7.02. The predicted molar refractivity (Wildman–Crippen MR) is 190 cm³/mol. The third-order valence-corrected chi connectivity index (χ3v) is 10.5. The van der Waals surface area contributed by atoms with E-state index in [-0.39, 0.29) is 26.2 Å². The molecule has 2 amide bonds. The standard InChI is InChI=1S/C37H32N4O7S2/c1-26-12-13-27(25-33(26)41(45)46)36(43)38-28-14-18-30(19-15-28)50(47,48)31-20-16-29(17-21-31)39-37(44)32-9-3-4-10-34(32)49-35(42)11-5-8-24-40-22-6-2-7-23-40/h2-4,6-7,9-10,12-23,25H,5,8,11,24H2,1H3,(H-,38,39,43,44)/p+1. The summed E-state index contributed by atoms with van der Waals surface area (Å²) in [5.41, 5.74) is 1.33. The van der Waals surface area contributed by atoms with Crippen molar-refractivity contribution in [3.63, 3.8) is 0 Å². The maximum absolute atomic E-state index is 13.3. The number of benzene rings is 4. The molecule has 0 spiro atoms. The average Bonchev–Trinajstić information content (AvgIpc) is 3.11. The lowest BCUT2D eigenvalue weighted by Crippen LogP contribution is -2.32. The Labute approximate surface area is 293 Å². The van der Waals surface area contributed by atoms with Gasteiger partial charge >= 0.3 is 0 Å². The largest absolute Gasteiger partial charge is 0.322 e. The van der Waals surface area contributed by atoms with Gasteiger partial charge in [0.1, 0.15) is 6.54 Å². The summed E-state index contributed by atoms with van der Waals surface area (Å²) in [6, 6.07) is 28.1. The first kappa shape index (κ1) is 35.6. The van der Waals surface area contributed by atoms with Gasteiger partial charge in [-0.1, -0.05) is 36.0 Å². The first-order valence-corrected chi connectivity index (χ1v) is 17.9. The fourth-order valence-corrected chi connectivity index (χ4v) is 7.15. The molecule has 0 fully saturated rings. The first-order valence-electron chi connectivity index (χ1n) is 15.6. The molecule has 4 aromatic carbocycles. The lowest BCUT2D eigenvalue weighted by Gasteiger charge is -2.11. The van der Waals surface area contributed by atoms with Crippen molar-refractivity contribution < 1.29 is 32.3 Å². The van der Waals surface area contributed by atoms with E-state index in [1.54, 1.807) is 31.2 Å². The summed E-state index contributed by atoms with van der Waals surface area (Å²) >= 11 is 1.03. The van der Waals surface area contributed by atoms with Gasteiger partial charge in [-0.3, -0.25) is 24.5 Å². The number of carbonyl (C=O) groups is 3. The third kappa shape index (κ3) is 9.07. The number of amides is 2. The van der Waals surface area contributed by atoms with Crippen molar-refractivity contribution in [2.24, 2.45) is 0 Å². The SMILES string of the molecule is Cc1ccc(C(=O)Nc2ccc(S(=O)(=O)c3ccc(NC(=O)c4ccccc4SC(=O)CCCC[n+]4ccccc4)cc3)cc2)cc1[N+](=O)[O-]. The number of aromatic nitrogens is 1. The molecule has 0 bridgehead atoms. The molecule has 0 unspecified atom stereocenters. The molecule has 5 rings (SSSR count). The molecule has 2 N–H and O–H groups in total. The van der Waals surface area contributed by atoms with Gasteiger partial charge in [0.05, 0.1) is 20.3 Å². The molecule has 254 valence electrons. The van der Waals surface area contributed by atoms with Gasteiger partial charge in [-0.2, -0.15) is 0 Å². The van der Waals surface area contributed by atoms with Crippen molar-refractivity contribution in [1.82, 2.24) is 0 Å². The van der Waals surface area contributed by atoms with E-state index in [4.69, 9.17) is 0 Å². The average molecular weight is 710 g/mol. The second-order valence-corrected chi connectivity index (χ2v) is 14.3. The number of anilines is 2. The Morgan fingerprint density at radius 1 is 0.760 bits per heavy atom. The van der Waals surface area contributed by atoms with Gasteiger partial charge in [-0.25, -0.2) is 13.0 Å². The summed E-state index contributed by atoms with van der Waals surface area (Å²) in [5.74, 6) is -1.02. The lowest BCUT2D eigenvalue weighted by atomic mass is 10.1. The topological polar surface area (TPSA) is 156 Å². The Bertz CT molecular complexity index is 2140. The van der Waals surface area contributed by atoms with Crippen LogP contribution in [-0.2, 0) is 21.2 Å². The maximum Gasteiger partial charge on any atom is 0.273 e. The smallest absolute Gasteiger partial charge is 0.273 e. The molecule has 0 aliphatic carbocycles. The number of nitrogens with zero attached hydrogens (tertiary/aromatic N) is 2. The molecule has 50 heavy (non-hydrogen) atoms. The number of unbranched alkanes of at least 4 members (excludes halogenated alkanes) is 1. The molecule has 13 heteroatoms. The molecule has 0 radical (unpaired) electrons. The van der Waals surface area contributed by atoms with Crippen LogP contribution >= 0.6 is 11.8 Å². The Hall–Kier alpha value is -5.66. The number of nitro groups is 1. The molecule has 1 heterocycles. The Balaban J connectivity index is 1.17. The first-order chi connectivity index (χ1) is 24.0. The van der Waals surface area contributed by atoms with E-state index >= 15 is 0 Å². The van der Waals surface area contributed by atoms with E-state index < -0.39 is 26.6 Å². The summed E-state index contributed by atoms with van der Waals surface area (Å²) in [5, 5.41) is 16.6. The number of pyridine rings is 1. The van der Waals surface area contributed by atoms with E-state index in [1.165, 1.54) is 66.7 Å². The van der Waals surface area contributed by atoms with Crippen molar-refractivity contribution in [3.8, 4) is 0 Å². The maximum atomic E-state index is 13.3. The Morgan fingerprint density at radius 3 is 1.98 bits per heavy atom. The van der Waals surface area contributed by atoms with Gasteiger partial charge in [0.15, 0.2) is 17.5 Å². The van der Waals surface area contributed by atoms with Crippen LogP contribution in [0.25, 0.3) is 0 Å². The zero-order valence-corrected chi connectivity index (χ0v) is 28.6. The number of carbonyl (C=O) groups excluding carboxylic acids is 3. The van der Waals surface area contributed by atoms with Crippen LogP contribution in [0.15, 0.2) is 136 Å². The summed E-state index contributed by atoms with van der Waals surface area (Å²) in [7, 11) is -3.94. The number of nitro benzene ring substituents is 1. The monoisotopic (exact) mass is 709 g/mol. The molecule has 11 nitrogen and oxygen atoms in total. The third-order valence-electron chi connectivity index (χ3n) is 7.69. The van der Waals surface area contributed by atoms with E-state index in [9.17, 15) is 32.9 Å². The number of hydrogen-bond donors (Lipinski definition) is 2. The van der Waals surface area contributed by atoms with Crippen molar-refractivity contribution in [2.45, 2.75) is 47.4 Å². The summed E-state index contributed by atoms with van der Waals surface area (Å²) < 4.78 is 28.7. The van der Waals surface area contributed by atoms with Gasteiger partial charge in [0, 0.05) is 58.4 Å². The number of aryl methyl sites for hydroxylation is 2. The molecule has 0 saturated carbocycles. The molecule has 0 aliphatic heterocycles. The normalized spacial score (nSPS) is 11.1. The van der Waals surface area contributed by atoms with Gasteiger partial charge in [0.2, 0.25) is 9.84 Å². The second-order valence-electron chi connectivity index (χ2n) is 11.3. The molecule has 5 aromatic rings. The minimum Gasteiger partial charge on any atom is -0.322 e. The number of nitrogens with one attached hydrogen (secondary N) is 2. The summed E-state index contributed by atoms with van der Waals surface area (Å²) in [6.45, 7) is 2.39. The van der Waals surface area contributed by atoms with E-state index in [2.05, 4.69) is 15.2 Å². The van der Waals surface area contributed by atoms with Crippen molar-refractivity contribution in [3.05, 3.63) is 148 Å².